The third kappa shape index (κ3) is 2.50. The van der Waals surface area contributed by atoms with Crippen molar-refractivity contribution in [1.29, 1.82) is 0 Å². The van der Waals surface area contributed by atoms with Crippen molar-refractivity contribution in [2.24, 2.45) is 0 Å². The second-order valence-corrected chi connectivity index (χ2v) is 3.40. The van der Waals surface area contributed by atoms with Crippen molar-refractivity contribution in [1.82, 2.24) is 5.16 Å². The predicted octanol–water partition coefficient (Wildman–Crippen LogP) is 2.05. The summed E-state index contributed by atoms with van der Waals surface area (Å²) in [6.07, 6.45) is 5.07. The zero-order valence-electron chi connectivity index (χ0n) is 9.29. The van der Waals surface area contributed by atoms with Gasteiger partial charge < -0.3 is 14.4 Å². The normalized spacial score (nSPS) is 9.72. The van der Waals surface area contributed by atoms with Gasteiger partial charge in [0.25, 0.3) is 0 Å². The van der Waals surface area contributed by atoms with Gasteiger partial charge in [-0.15, -0.1) is 6.42 Å². The SMILES string of the molecule is C#CCOc1ccc(-c2cc(C(=O)O)no2)cc1. The average molecular weight is 243 g/mol. The molecule has 5 heteroatoms. The quantitative estimate of drug-likeness (QED) is 0.832. The summed E-state index contributed by atoms with van der Waals surface area (Å²) < 4.78 is 10.1. The van der Waals surface area contributed by atoms with E-state index in [1.54, 1.807) is 24.3 Å². The number of nitrogens with zero attached hydrogens (tertiary/aromatic N) is 1. The number of aromatic nitrogens is 1. The van der Waals surface area contributed by atoms with Crippen LogP contribution in [0.3, 0.4) is 0 Å². The number of rotatable bonds is 4. The van der Waals surface area contributed by atoms with Gasteiger partial charge in [-0.05, 0) is 24.3 Å². The maximum atomic E-state index is 10.7. The van der Waals surface area contributed by atoms with E-state index in [2.05, 4.69) is 11.1 Å². The van der Waals surface area contributed by atoms with Crippen LogP contribution in [0.5, 0.6) is 5.75 Å². The summed E-state index contributed by atoms with van der Waals surface area (Å²) >= 11 is 0. The van der Waals surface area contributed by atoms with Crippen LogP contribution in [-0.2, 0) is 0 Å². The fourth-order valence-electron chi connectivity index (χ4n) is 1.35. The number of ether oxygens (including phenoxy) is 1. The molecule has 90 valence electrons. The van der Waals surface area contributed by atoms with Crippen LogP contribution in [0.2, 0.25) is 0 Å². The third-order valence-electron chi connectivity index (χ3n) is 2.19. The van der Waals surface area contributed by atoms with E-state index in [0.717, 1.165) is 0 Å². The lowest BCUT2D eigenvalue weighted by molar-refractivity contribution is 0.0686. The van der Waals surface area contributed by atoms with Crippen LogP contribution in [0.4, 0.5) is 0 Å². The Kier molecular flexibility index (Phi) is 3.30. The van der Waals surface area contributed by atoms with Crippen molar-refractivity contribution in [3.05, 3.63) is 36.0 Å². The molecule has 0 bridgehead atoms. The summed E-state index contributed by atoms with van der Waals surface area (Å²) in [6, 6.07) is 8.26. The average Bonchev–Trinajstić information content (AvgIpc) is 2.87. The Morgan fingerprint density at radius 3 is 2.72 bits per heavy atom. The molecule has 0 aliphatic heterocycles. The summed E-state index contributed by atoms with van der Waals surface area (Å²) in [5.74, 6) is 2.26. The van der Waals surface area contributed by atoms with Crippen LogP contribution in [0, 0.1) is 12.3 Å². The zero-order chi connectivity index (χ0) is 13.0. The predicted molar refractivity (Wildman–Crippen MR) is 63.2 cm³/mol. The molecule has 18 heavy (non-hydrogen) atoms. The third-order valence-corrected chi connectivity index (χ3v) is 2.19. The van der Waals surface area contributed by atoms with E-state index in [4.69, 9.17) is 20.8 Å². The van der Waals surface area contributed by atoms with E-state index in [0.29, 0.717) is 17.1 Å². The molecule has 5 nitrogen and oxygen atoms in total. The van der Waals surface area contributed by atoms with Crippen molar-refractivity contribution < 1.29 is 19.2 Å². The van der Waals surface area contributed by atoms with Crippen LogP contribution in [0.1, 0.15) is 10.5 Å². The van der Waals surface area contributed by atoms with E-state index in [1.807, 2.05) is 0 Å². The summed E-state index contributed by atoms with van der Waals surface area (Å²) in [5, 5.41) is 12.2. The number of benzene rings is 1. The van der Waals surface area contributed by atoms with Gasteiger partial charge in [-0.3, -0.25) is 0 Å². The fourth-order valence-corrected chi connectivity index (χ4v) is 1.35. The second-order valence-electron chi connectivity index (χ2n) is 3.40. The van der Waals surface area contributed by atoms with Crippen LogP contribution < -0.4 is 4.74 Å². The van der Waals surface area contributed by atoms with Crippen LogP contribution in [0.25, 0.3) is 11.3 Å². The van der Waals surface area contributed by atoms with Gasteiger partial charge in [0.05, 0.1) is 0 Å². The summed E-state index contributed by atoms with van der Waals surface area (Å²) in [5.41, 5.74) is 0.584. The van der Waals surface area contributed by atoms with Gasteiger partial charge in [-0.25, -0.2) is 4.79 Å². The molecular formula is C13H9NO4. The molecule has 2 aromatic rings. The van der Waals surface area contributed by atoms with Gasteiger partial charge in [0, 0.05) is 11.6 Å². The Labute approximate surface area is 103 Å². The number of hydrogen-bond donors (Lipinski definition) is 1. The number of aromatic carboxylic acids is 1. The first-order valence-corrected chi connectivity index (χ1v) is 5.07. The Morgan fingerprint density at radius 1 is 1.44 bits per heavy atom. The molecule has 0 unspecified atom stereocenters. The topological polar surface area (TPSA) is 72.6 Å². The molecule has 2 rings (SSSR count). The number of hydrogen-bond acceptors (Lipinski definition) is 4. The highest BCUT2D eigenvalue weighted by atomic mass is 16.5. The molecule has 0 amide bonds. The molecule has 1 aromatic heterocycles. The first-order chi connectivity index (χ1) is 8.70. The van der Waals surface area contributed by atoms with Crippen molar-refractivity contribution in [2.75, 3.05) is 6.61 Å². The minimum absolute atomic E-state index is 0.127. The van der Waals surface area contributed by atoms with Gasteiger partial charge in [0.2, 0.25) is 0 Å². The number of terminal acetylenes is 1. The van der Waals surface area contributed by atoms with E-state index in [9.17, 15) is 4.79 Å². The van der Waals surface area contributed by atoms with Crippen molar-refractivity contribution in [2.45, 2.75) is 0 Å². The van der Waals surface area contributed by atoms with Crippen LogP contribution >= 0.6 is 0 Å². The van der Waals surface area contributed by atoms with Gasteiger partial charge in [0.15, 0.2) is 11.5 Å². The molecule has 0 saturated carbocycles. The number of carboxylic acid groups (broad SMARTS) is 1. The standard InChI is InChI=1S/C13H9NO4/c1-2-7-17-10-5-3-9(4-6-10)12-8-11(13(15)16)14-18-12/h1,3-6,8H,7H2,(H,15,16). The molecule has 0 aliphatic rings. The van der Waals surface area contributed by atoms with Gasteiger partial charge in [-0.2, -0.15) is 0 Å². The van der Waals surface area contributed by atoms with Gasteiger partial charge in [-0.1, -0.05) is 11.1 Å². The van der Waals surface area contributed by atoms with Crippen LogP contribution in [0.15, 0.2) is 34.9 Å². The molecule has 0 aliphatic carbocycles. The maximum absolute atomic E-state index is 10.7. The molecular weight excluding hydrogens is 234 g/mol. The highest BCUT2D eigenvalue weighted by molar-refractivity contribution is 5.86. The van der Waals surface area contributed by atoms with Crippen molar-refractivity contribution >= 4 is 5.97 Å². The zero-order valence-corrected chi connectivity index (χ0v) is 9.29. The fraction of sp³-hybridized carbons (Fsp3) is 0.0769. The van der Waals surface area contributed by atoms with E-state index < -0.39 is 5.97 Å². The van der Waals surface area contributed by atoms with Gasteiger partial charge in [0.1, 0.15) is 12.4 Å². The van der Waals surface area contributed by atoms with Crippen molar-refractivity contribution in [3.8, 4) is 29.4 Å². The lowest BCUT2D eigenvalue weighted by Crippen LogP contribution is -1.94. The molecule has 0 fully saturated rings. The van der Waals surface area contributed by atoms with Crippen LogP contribution in [-0.4, -0.2) is 22.8 Å². The number of carbonyl (C=O) groups is 1. The molecule has 0 saturated heterocycles. The minimum Gasteiger partial charge on any atom is -0.481 e. The summed E-state index contributed by atoms with van der Waals surface area (Å²) in [4.78, 5) is 10.7. The molecule has 1 aromatic carbocycles. The van der Waals surface area contributed by atoms with Gasteiger partial charge >= 0.3 is 5.97 Å². The summed E-state index contributed by atoms with van der Waals surface area (Å²) in [6.45, 7) is 0.199. The van der Waals surface area contributed by atoms with E-state index >= 15 is 0 Å². The smallest absolute Gasteiger partial charge is 0.358 e. The largest absolute Gasteiger partial charge is 0.481 e. The lowest BCUT2D eigenvalue weighted by atomic mass is 10.1. The Morgan fingerprint density at radius 2 is 2.17 bits per heavy atom. The molecule has 0 spiro atoms. The summed E-state index contributed by atoms with van der Waals surface area (Å²) in [7, 11) is 0. The Balaban J connectivity index is 2.18. The Bertz CT molecular complexity index is 592. The maximum Gasteiger partial charge on any atom is 0.358 e. The Hall–Kier alpha value is -2.74. The minimum atomic E-state index is -1.13. The lowest BCUT2D eigenvalue weighted by Gasteiger charge is -2.02. The molecule has 0 radical (unpaired) electrons. The first-order valence-electron chi connectivity index (χ1n) is 5.07. The highest BCUT2D eigenvalue weighted by Gasteiger charge is 2.11. The van der Waals surface area contributed by atoms with E-state index in [-0.39, 0.29) is 12.3 Å². The molecule has 1 heterocycles. The first kappa shape index (κ1) is 11.7. The van der Waals surface area contributed by atoms with E-state index in [1.165, 1.54) is 6.07 Å². The number of carboxylic acids is 1. The molecule has 0 atom stereocenters. The molecule has 1 N–H and O–H groups in total. The second kappa shape index (κ2) is 5.06. The highest BCUT2D eigenvalue weighted by Crippen LogP contribution is 2.23. The monoisotopic (exact) mass is 243 g/mol. The van der Waals surface area contributed by atoms with Crippen molar-refractivity contribution in [3.63, 3.8) is 0 Å².